The molecule has 0 radical (unpaired) electrons. The van der Waals surface area contributed by atoms with Gasteiger partial charge in [0.1, 0.15) is 5.76 Å². The first-order valence-electron chi connectivity index (χ1n) is 4.49. The number of hydrogen-bond donors (Lipinski definition) is 0. The number of allylic oxidation sites excluding steroid dienone is 3. The van der Waals surface area contributed by atoms with Crippen molar-refractivity contribution in [2.24, 2.45) is 0 Å². The summed E-state index contributed by atoms with van der Waals surface area (Å²) >= 11 is 0. The van der Waals surface area contributed by atoms with Crippen LogP contribution in [0.3, 0.4) is 0 Å². The summed E-state index contributed by atoms with van der Waals surface area (Å²) in [5.74, 6) is 1.15. The van der Waals surface area contributed by atoms with E-state index in [1.165, 1.54) is 18.4 Å². The van der Waals surface area contributed by atoms with E-state index in [0.717, 1.165) is 18.8 Å². The van der Waals surface area contributed by atoms with Gasteiger partial charge >= 0.3 is 0 Å². The lowest BCUT2D eigenvalue weighted by molar-refractivity contribution is 0.264. The minimum Gasteiger partial charge on any atom is -0.493 e. The van der Waals surface area contributed by atoms with Crippen LogP contribution < -0.4 is 0 Å². The molecule has 1 fully saturated rings. The van der Waals surface area contributed by atoms with Crippen LogP contribution in [-0.2, 0) is 4.74 Å². The largest absolute Gasteiger partial charge is 0.493 e. The van der Waals surface area contributed by atoms with Crippen LogP contribution in [0, 0.1) is 0 Å². The van der Waals surface area contributed by atoms with Gasteiger partial charge in [0.2, 0.25) is 0 Å². The van der Waals surface area contributed by atoms with Gasteiger partial charge in [-0.25, -0.2) is 0 Å². The molecule has 2 aliphatic rings. The van der Waals surface area contributed by atoms with Gasteiger partial charge < -0.3 is 4.74 Å². The third kappa shape index (κ3) is 1.86. The van der Waals surface area contributed by atoms with Gasteiger partial charge in [-0.05, 0) is 24.5 Å². The third-order valence-electron chi connectivity index (χ3n) is 1.83. The van der Waals surface area contributed by atoms with Crippen LogP contribution in [0.1, 0.15) is 33.1 Å². The minimum atomic E-state index is 0.900. The molecule has 1 aliphatic carbocycles. The Kier molecular flexibility index (Phi) is 3.21. The van der Waals surface area contributed by atoms with Crippen molar-refractivity contribution in [3.63, 3.8) is 0 Å². The summed E-state index contributed by atoms with van der Waals surface area (Å²) in [6, 6.07) is 0. The van der Waals surface area contributed by atoms with E-state index in [4.69, 9.17) is 4.74 Å². The molecule has 0 saturated carbocycles. The molecule has 0 aromatic heterocycles. The van der Waals surface area contributed by atoms with Crippen molar-refractivity contribution in [3.8, 4) is 0 Å². The Morgan fingerprint density at radius 3 is 2.64 bits per heavy atom. The van der Waals surface area contributed by atoms with Crippen molar-refractivity contribution in [2.75, 3.05) is 6.61 Å². The Hall–Kier alpha value is -0.720. The Morgan fingerprint density at radius 2 is 1.91 bits per heavy atom. The highest BCUT2D eigenvalue weighted by atomic mass is 16.5. The first-order chi connectivity index (χ1) is 5.47. The van der Waals surface area contributed by atoms with E-state index in [0.29, 0.717) is 0 Å². The van der Waals surface area contributed by atoms with Crippen molar-refractivity contribution in [1.82, 2.24) is 0 Å². The quantitative estimate of drug-likeness (QED) is 0.518. The molecular formula is C10H16O. The van der Waals surface area contributed by atoms with Crippen molar-refractivity contribution in [2.45, 2.75) is 33.1 Å². The first kappa shape index (κ1) is 8.38. The van der Waals surface area contributed by atoms with Crippen LogP contribution in [0.15, 0.2) is 23.5 Å². The summed E-state index contributed by atoms with van der Waals surface area (Å²) in [6.45, 7) is 4.90. The van der Waals surface area contributed by atoms with Gasteiger partial charge in [-0.3, -0.25) is 0 Å². The molecule has 0 aromatic rings. The molecule has 0 N–H and O–H groups in total. The molecule has 11 heavy (non-hydrogen) atoms. The summed E-state index contributed by atoms with van der Waals surface area (Å²) in [4.78, 5) is 0. The SMILES string of the molecule is C1=C2CCOC2=CCC1.CC. The van der Waals surface area contributed by atoms with Crippen LogP contribution in [0.4, 0.5) is 0 Å². The lowest BCUT2D eigenvalue weighted by atomic mass is 10.1. The van der Waals surface area contributed by atoms with E-state index in [1.54, 1.807) is 0 Å². The normalized spacial score (nSPS) is 20.2. The number of ether oxygens (including phenoxy) is 1. The second-order valence-electron chi connectivity index (χ2n) is 2.47. The average molecular weight is 152 g/mol. The van der Waals surface area contributed by atoms with Crippen molar-refractivity contribution in [3.05, 3.63) is 23.5 Å². The Balaban J connectivity index is 0.000000281. The van der Waals surface area contributed by atoms with E-state index < -0.39 is 0 Å². The van der Waals surface area contributed by atoms with Crippen LogP contribution in [-0.4, -0.2) is 6.61 Å². The van der Waals surface area contributed by atoms with Gasteiger partial charge in [0.15, 0.2) is 0 Å². The van der Waals surface area contributed by atoms with Crippen LogP contribution >= 0.6 is 0 Å². The lowest BCUT2D eigenvalue weighted by Crippen LogP contribution is -1.86. The van der Waals surface area contributed by atoms with E-state index in [2.05, 4.69) is 12.2 Å². The van der Waals surface area contributed by atoms with E-state index >= 15 is 0 Å². The number of hydrogen-bond acceptors (Lipinski definition) is 1. The minimum absolute atomic E-state index is 0.900. The van der Waals surface area contributed by atoms with E-state index in [9.17, 15) is 0 Å². The maximum Gasteiger partial charge on any atom is 0.118 e. The van der Waals surface area contributed by atoms with Gasteiger partial charge in [-0.1, -0.05) is 19.9 Å². The third-order valence-corrected chi connectivity index (χ3v) is 1.83. The monoisotopic (exact) mass is 152 g/mol. The van der Waals surface area contributed by atoms with Crippen molar-refractivity contribution >= 4 is 0 Å². The van der Waals surface area contributed by atoms with E-state index in [-0.39, 0.29) is 0 Å². The number of rotatable bonds is 0. The predicted molar refractivity (Wildman–Crippen MR) is 47.3 cm³/mol. The Labute approximate surface area is 68.8 Å². The number of fused-ring (bicyclic) bond motifs is 1. The molecule has 0 atom stereocenters. The topological polar surface area (TPSA) is 9.23 Å². The molecule has 0 amide bonds. The Morgan fingerprint density at radius 1 is 1.18 bits per heavy atom. The molecule has 0 unspecified atom stereocenters. The fourth-order valence-corrected chi connectivity index (χ4v) is 1.35. The van der Waals surface area contributed by atoms with Gasteiger partial charge in [0.25, 0.3) is 0 Å². The summed E-state index contributed by atoms with van der Waals surface area (Å²) in [6.07, 6.45) is 8.00. The fraction of sp³-hybridized carbons (Fsp3) is 0.600. The fourth-order valence-electron chi connectivity index (χ4n) is 1.35. The highest BCUT2D eigenvalue weighted by Crippen LogP contribution is 2.27. The van der Waals surface area contributed by atoms with Gasteiger partial charge in [0, 0.05) is 6.42 Å². The molecule has 1 nitrogen and oxygen atoms in total. The average Bonchev–Trinajstić information content (AvgIpc) is 2.55. The molecule has 0 bridgehead atoms. The van der Waals surface area contributed by atoms with Gasteiger partial charge in [-0.15, -0.1) is 0 Å². The van der Waals surface area contributed by atoms with E-state index in [1.807, 2.05) is 13.8 Å². The standard InChI is InChI=1S/C8H10O.C2H6/c1-2-4-8-7(3-1)5-6-9-8;1-2/h3-4H,1-2,5-6H2;1-2H3. The zero-order chi connectivity index (χ0) is 8.10. The summed E-state index contributed by atoms with van der Waals surface area (Å²) in [7, 11) is 0. The predicted octanol–water partition coefficient (Wildman–Crippen LogP) is 3.04. The molecule has 1 saturated heterocycles. The van der Waals surface area contributed by atoms with Crippen LogP contribution in [0.25, 0.3) is 0 Å². The lowest BCUT2D eigenvalue weighted by Gasteiger charge is -2.04. The highest BCUT2D eigenvalue weighted by Gasteiger charge is 2.15. The van der Waals surface area contributed by atoms with Crippen LogP contribution in [0.2, 0.25) is 0 Å². The zero-order valence-electron chi connectivity index (χ0n) is 7.39. The van der Waals surface area contributed by atoms with Crippen molar-refractivity contribution in [1.29, 1.82) is 0 Å². The molecular weight excluding hydrogens is 136 g/mol. The van der Waals surface area contributed by atoms with Crippen LogP contribution in [0.5, 0.6) is 0 Å². The second-order valence-corrected chi connectivity index (χ2v) is 2.47. The van der Waals surface area contributed by atoms with Crippen molar-refractivity contribution < 1.29 is 4.74 Å². The molecule has 62 valence electrons. The maximum atomic E-state index is 5.35. The van der Waals surface area contributed by atoms with Gasteiger partial charge in [-0.2, -0.15) is 0 Å². The first-order valence-corrected chi connectivity index (χ1v) is 4.49. The Bertz CT molecular complexity index is 157. The second kappa shape index (κ2) is 4.22. The summed E-state index contributed by atoms with van der Waals surface area (Å²) in [5.41, 5.74) is 1.43. The smallest absolute Gasteiger partial charge is 0.118 e. The molecule has 1 heteroatoms. The molecule has 2 rings (SSSR count). The maximum absolute atomic E-state index is 5.35. The van der Waals surface area contributed by atoms with Gasteiger partial charge in [0.05, 0.1) is 6.61 Å². The molecule has 1 aliphatic heterocycles. The molecule has 0 spiro atoms. The highest BCUT2D eigenvalue weighted by molar-refractivity contribution is 5.31. The molecule has 0 aromatic carbocycles. The summed E-state index contributed by atoms with van der Waals surface area (Å²) < 4.78 is 5.35. The molecule has 1 heterocycles. The summed E-state index contributed by atoms with van der Waals surface area (Å²) in [5, 5.41) is 0. The zero-order valence-corrected chi connectivity index (χ0v) is 7.39.